The molecule has 3 saturated heterocycles. The molecule has 3 aliphatic rings. The minimum Gasteiger partial charge on any atom is -0.465 e. The second-order valence-corrected chi connectivity index (χ2v) is 10.9. The third-order valence-corrected chi connectivity index (χ3v) is 8.31. The van der Waals surface area contributed by atoms with E-state index < -0.39 is 35.0 Å². The number of esters is 1. The molecule has 8 heteroatoms. The van der Waals surface area contributed by atoms with Crippen LogP contribution >= 0.6 is 0 Å². The molecule has 0 aromatic rings. The van der Waals surface area contributed by atoms with Crippen molar-refractivity contribution in [2.24, 2.45) is 11.8 Å². The van der Waals surface area contributed by atoms with Crippen LogP contribution in [0.4, 0.5) is 0 Å². The number of aliphatic hydroxyl groups excluding tert-OH is 1. The van der Waals surface area contributed by atoms with Crippen LogP contribution in [0.2, 0.25) is 0 Å². The van der Waals surface area contributed by atoms with E-state index in [4.69, 9.17) is 9.47 Å². The fourth-order valence-electron chi connectivity index (χ4n) is 6.52. The Hall–Kier alpha value is -2.19. The first-order chi connectivity index (χ1) is 17.8. The summed E-state index contributed by atoms with van der Waals surface area (Å²) in [5.41, 5.74) is -1.88. The van der Waals surface area contributed by atoms with Crippen LogP contribution in [-0.2, 0) is 23.9 Å². The monoisotopic (exact) mass is 518 g/mol. The van der Waals surface area contributed by atoms with Gasteiger partial charge in [0.1, 0.15) is 17.6 Å². The molecule has 0 aromatic heterocycles. The molecule has 1 N–H and O–H groups in total. The summed E-state index contributed by atoms with van der Waals surface area (Å²) >= 11 is 0. The number of aliphatic hydroxyl groups is 1. The van der Waals surface area contributed by atoms with Crippen LogP contribution in [-0.4, -0.2) is 82.8 Å². The van der Waals surface area contributed by atoms with Crippen molar-refractivity contribution in [3.8, 4) is 0 Å². The van der Waals surface area contributed by atoms with Crippen molar-refractivity contribution in [3.63, 3.8) is 0 Å². The lowest BCUT2D eigenvalue weighted by atomic mass is 9.66. The molecule has 2 amide bonds. The van der Waals surface area contributed by atoms with Gasteiger partial charge in [-0.1, -0.05) is 31.9 Å². The Labute approximate surface area is 222 Å². The minimum absolute atomic E-state index is 0.0181. The van der Waals surface area contributed by atoms with Crippen molar-refractivity contribution in [2.45, 2.75) is 95.3 Å². The van der Waals surface area contributed by atoms with Crippen LogP contribution in [0, 0.1) is 11.8 Å². The summed E-state index contributed by atoms with van der Waals surface area (Å²) in [5, 5.41) is 9.33. The number of ether oxygens (including phenoxy) is 2. The Morgan fingerprint density at radius 3 is 2.62 bits per heavy atom. The van der Waals surface area contributed by atoms with E-state index in [0.29, 0.717) is 51.9 Å². The lowest BCUT2D eigenvalue weighted by Gasteiger charge is -2.37. The Morgan fingerprint density at radius 1 is 1.16 bits per heavy atom. The van der Waals surface area contributed by atoms with Crippen LogP contribution in [0.5, 0.6) is 0 Å². The van der Waals surface area contributed by atoms with Gasteiger partial charge in [0.25, 0.3) is 0 Å². The molecule has 2 bridgehead atoms. The summed E-state index contributed by atoms with van der Waals surface area (Å²) in [6.45, 7) is 13.2. The number of amides is 2. The fraction of sp³-hybridized carbons (Fsp3) is 0.759. The van der Waals surface area contributed by atoms with E-state index in [1.54, 1.807) is 15.9 Å². The first kappa shape index (κ1) is 29.4. The molecule has 3 rings (SSSR count). The second-order valence-electron chi connectivity index (χ2n) is 10.9. The molecule has 8 nitrogen and oxygen atoms in total. The minimum atomic E-state index is -1.04. The van der Waals surface area contributed by atoms with Crippen molar-refractivity contribution in [2.75, 3.05) is 32.8 Å². The summed E-state index contributed by atoms with van der Waals surface area (Å²) < 4.78 is 12.3. The Balaban J connectivity index is 1.90. The summed E-state index contributed by atoms with van der Waals surface area (Å²) in [5.74, 6) is -2.23. The number of unbranched alkanes of at least 4 members (excludes halogenated alkanes) is 5. The highest BCUT2D eigenvalue weighted by Gasteiger charge is 2.78. The van der Waals surface area contributed by atoms with Gasteiger partial charge in [-0.25, -0.2) is 0 Å². The maximum Gasteiger partial charge on any atom is 0.312 e. The highest BCUT2D eigenvalue weighted by molar-refractivity contribution is 5.98. The predicted molar refractivity (Wildman–Crippen MR) is 142 cm³/mol. The van der Waals surface area contributed by atoms with E-state index in [2.05, 4.69) is 20.1 Å². The zero-order chi connectivity index (χ0) is 27.1. The topological polar surface area (TPSA) is 96.4 Å². The zero-order valence-electron chi connectivity index (χ0n) is 22.8. The molecular formula is C29H46N2O6. The molecule has 0 radical (unpaired) electrons. The van der Waals surface area contributed by atoms with Crippen molar-refractivity contribution in [1.82, 2.24) is 9.80 Å². The zero-order valence-corrected chi connectivity index (χ0v) is 22.8. The summed E-state index contributed by atoms with van der Waals surface area (Å²) in [4.78, 5) is 44.9. The molecule has 208 valence electrons. The highest BCUT2D eigenvalue weighted by Crippen LogP contribution is 2.63. The summed E-state index contributed by atoms with van der Waals surface area (Å²) in [6.07, 6.45) is 11.2. The number of carbonyl (C=O) groups excluding carboxylic acids is 3. The normalized spacial score (nSPS) is 29.9. The molecule has 3 heterocycles. The van der Waals surface area contributed by atoms with Gasteiger partial charge in [0.2, 0.25) is 11.8 Å². The van der Waals surface area contributed by atoms with Gasteiger partial charge in [-0.3, -0.25) is 14.4 Å². The molecule has 3 fully saturated rings. The van der Waals surface area contributed by atoms with Crippen molar-refractivity contribution in [1.29, 1.82) is 0 Å². The molecule has 5 atom stereocenters. The number of hydrogen-bond acceptors (Lipinski definition) is 6. The van der Waals surface area contributed by atoms with E-state index in [-0.39, 0.29) is 18.4 Å². The number of fused-ring (bicyclic) bond motifs is 1. The molecule has 0 saturated carbocycles. The summed E-state index contributed by atoms with van der Waals surface area (Å²) in [6, 6.07) is -0.794. The smallest absolute Gasteiger partial charge is 0.312 e. The predicted octanol–water partition coefficient (Wildman–Crippen LogP) is 3.63. The lowest BCUT2D eigenvalue weighted by molar-refractivity contribution is -0.160. The van der Waals surface area contributed by atoms with Crippen molar-refractivity contribution in [3.05, 3.63) is 25.3 Å². The number of carbonyl (C=O) groups is 3. The van der Waals surface area contributed by atoms with E-state index in [0.717, 1.165) is 38.5 Å². The molecule has 2 unspecified atom stereocenters. The highest BCUT2D eigenvalue weighted by atomic mass is 16.6. The van der Waals surface area contributed by atoms with Crippen molar-refractivity contribution >= 4 is 17.8 Å². The summed E-state index contributed by atoms with van der Waals surface area (Å²) in [7, 11) is 0. The SMILES string of the molecule is C=CCCCCOC(=O)[C@H]1[C@H]2C(=O)N(CCCCO)C(C(=O)N(CC=C)CCCCC)C23CC[C@]1(C)O3. The van der Waals surface area contributed by atoms with Crippen LogP contribution in [0.25, 0.3) is 0 Å². The van der Waals surface area contributed by atoms with Crippen LogP contribution in [0.1, 0.15) is 78.1 Å². The van der Waals surface area contributed by atoms with Crippen LogP contribution < -0.4 is 0 Å². The van der Waals surface area contributed by atoms with Gasteiger partial charge in [0.05, 0.1) is 18.1 Å². The van der Waals surface area contributed by atoms with Crippen LogP contribution in [0.15, 0.2) is 25.3 Å². The number of likely N-dealkylation sites (tertiary alicyclic amines) is 1. The van der Waals surface area contributed by atoms with E-state index >= 15 is 0 Å². The molecule has 0 aromatic carbocycles. The van der Waals surface area contributed by atoms with Gasteiger partial charge >= 0.3 is 5.97 Å². The number of rotatable bonds is 17. The number of allylic oxidation sites excluding steroid dienone is 1. The Kier molecular flexibility index (Phi) is 10.4. The molecular weight excluding hydrogens is 472 g/mol. The molecule has 37 heavy (non-hydrogen) atoms. The molecule has 0 aliphatic carbocycles. The van der Waals surface area contributed by atoms with Crippen molar-refractivity contribution < 1.29 is 29.0 Å². The Morgan fingerprint density at radius 2 is 1.95 bits per heavy atom. The van der Waals surface area contributed by atoms with E-state index in [1.807, 2.05) is 13.0 Å². The maximum atomic E-state index is 14.1. The first-order valence-electron chi connectivity index (χ1n) is 14.1. The van der Waals surface area contributed by atoms with Gasteiger partial charge in [-0.2, -0.15) is 0 Å². The third kappa shape index (κ3) is 5.80. The average molecular weight is 519 g/mol. The Bertz CT molecular complexity index is 846. The van der Waals surface area contributed by atoms with Gasteiger partial charge in [-0.15, -0.1) is 13.2 Å². The standard InChI is InChI=1S/C29H46N2O6/c1-5-8-10-14-21-36-27(35)23-22-25(33)31(19-12-13-20-32)24(29(22)16-15-28(23,4)37-29)26(34)30(17-7-3)18-11-9-6-2/h5,7,22-24,32H,1,3,6,8-21H2,2,4H3/t22-,23+,24?,28-,29?/m0/s1. The number of nitrogens with zero attached hydrogens (tertiary/aromatic N) is 2. The maximum absolute atomic E-state index is 14.1. The lowest BCUT2D eigenvalue weighted by Crippen LogP contribution is -2.56. The quantitative estimate of drug-likeness (QED) is 0.179. The largest absolute Gasteiger partial charge is 0.465 e. The van der Waals surface area contributed by atoms with Crippen LogP contribution in [0.3, 0.4) is 0 Å². The third-order valence-electron chi connectivity index (χ3n) is 8.31. The fourth-order valence-corrected chi connectivity index (χ4v) is 6.52. The van der Waals surface area contributed by atoms with Gasteiger partial charge < -0.3 is 24.4 Å². The first-order valence-corrected chi connectivity index (χ1v) is 14.1. The van der Waals surface area contributed by atoms with Gasteiger partial charge in [-0.05, 0) is 58.3 Å². The van der Waals surface area contributed by atoms with E-state index in [1.165, 1.54) is 0 Å². The van der Waals surface area contributed by atoms with Gasteiger partial charge in [0.15, 0.2) is 0 Å². The number of hydrogen-bond donors (Lipinski definition) is 1. The van der Waals surface area contributed by atoms with Gasteiger partial charge in [0, 0.05) is 26.2 Å². The molecule has 3 aliphatic heterocycles. The second kappa shape index (κ2) is 13.1. The molecule has 1 spiro atoms. The average Bonchev–Trinajstić information content (AvgIpc) is 3.44. The van der Waals surface area contributed by atoms with E-state index in [9.17, 15) is 19.5 Å².